The summed E-state index contributed by atoms with van der Waals surface area (Å²) in [6, 6.07) is 12.4. The number of nitrogens with one attached hydrogen (secondary N) is 1. The zero-order chi connectivity index (χ0) is 17.5. The number of rotatable bonds is 6. The fraction of sp³-hybridized carbons (Fsp3) is 0.176. The van der Waals surface area contributed by atoms with E-state index in [2.05, 4.69) is 5.32 Å². The van der Waals surface area contributed by atoms with Gasteiger partial charge in [0.15, 0.2) is 6.61 Å². The van der Waals surface area contributed by atoms with E-state index in [9.17, 15) is 9.59 Å². The highest BCUT2D eigenvalue weighted by molar-refractivity contribution is 6.44. The van der Waals surface area contributed by atoms with E-state index in [1.807, 2.05) is 30.3 Å². The molecule has 7 heteroatoms. The summed E-state index contributed by atoms with van der Waals surface area (Å²) in [6.07, 6.45) is 0.755. The molecule has 0 aliphatic carbocycles. The number of anilines is 1. The minimum absolute atomic E-state index is 0.199. The van der Waals surface area contributed by atoms with Crippen molar-refractivity contribution in [2.45, 2.75) is 12.8 Å². The third-order valence-corrected chi connectivity index (χ3v) is 4.14. The van der Waals surface area contributed by atoms with Crippen LogP contribution in [0.25, 0.3) is 0 Å². The molecular formula is C17H14Cl3NO3. The Morgan fingerprint density at radius 2 is 1.62 bits per heavy atom. The Labute approximate surface area is 154 Å². The van der Waals surface area contributed by atoms with Crippen LogP contribution in [0.4, 0.5) is 5.69 Å². The number of esters is 1. The number of halogens is 3. The van der Waals surface area contributed by atoms with E-state index in [0.29, 0.717) is 12.1 Å². The number of amides is 1. The fourth-order valence-corrected chi connectivity index (χ4v) is 2.51. The zero-order valence-electron chi connectivity index (χ0n) is 12.5. The first kappa shape index (κ1) is 18.6. The predicted molar refractivity (Wildman–Crippen MR) is 95.8 cm³/mol. The third kappa shape index (κ3) is 5.71. The van der Waals surface area contributed by atoms with Gasteiger partial charge >= 0.3 is 5.97 Å². The Hall–Kier alpha value is -1.75. The number of carbonyl (C=O) groups excluding carboxylic acids is 2. The fourth-order valence-electron chi connectivity index (χ4n) is 1.91. The van der Waals surface area contributed by atoms with E-state index >= 15 is 0 Å². The molecule has 0 atom stereocenters. The van der Waals surface area contributed by atoms with Crippen molar-refractivity contribution in [3.63, 3.8) is 0 Å². The van der Waals surface area contributed by atoms with Crippen LogP contribution in [0.1, 0.15) is 12.0 Å². The summed E-state index contributed by atoms with van der Waals surface area (Å²) in [7, 11) is 0. The Morgan fingerprint density at radius 1 is 0.958 bits per heavy atom. The van der Waals surface area contributed by atoms with Crippen molar-refractivity contribution in [1.29, 1.82) is 0 Å². The predicted octanol–water partition coefficient (Wildman–Crippen LogP) is 4.76. The molecule has 0 unspecified atom stereocenters. The van der Waals surface area contributed by atoms with Gasteiger partial charge in [-0.2, -0.15) is 0 Å². The zero-order valence-corrected chi connectivity index (χ0v) is 14.8. The maximum absolute atomic E-state index is 11.8. The molecule has 0 saturated heterocycles. The van der Waals surface area contributed by atoms with E-state index in [0.717, 1.165) is 5.56 Å². The molecule has 4 nitrogen and oxygen atoms in total. The summed E-state index contributed by atoms with van der Waals surface area (Å²) in [5.41, 5.74) is 1.33. The van der Waals surface area contributed by atoms with Gasteiger partial charge in [-0.15, -0.1) is 0 Å². The molecule has 1 N–H and O–H groups in total. The van der Waals surface area contributed by atoms with E-state index in [1.54, 1.807) is 0 Å². The Bertz CT molecular complexity index is 735. The van der Waals surface area contributed by atoms with Gasteiger partial charge in [0.25, 0.3) is 5.91 Å². The van der Waals surface area contributed by atoms with Gasteiger partial charge in [-0.25, -0.2) is 0 Å². The molecule has 0 heterocycles. The summed E-state index contributed by atoms with van der Waals surface area (Å²) < 4.78 is 4.94. The molecule has 0 fully saturated rings. The van der Waals surface area contributed by atoms with Crippen LogP contribution in [0.15, 0.2) is 42.5 Å². The van der Waals surface area contributed by atoms with Gasteiger partial charge in [0.2, 0.25) is 0 Å². The Balaban J connectivity index is 1.78. The number of carbonyl (C=O) groups is 2. The van der Waals surface area contributed by atoms with Crippen molar-refractivity contribution in [2.75, 3.05) is 11.9 Å². The summed E-state index contributed by atoms with van der Waals surface area (Å²) >= 11 is 17.6. The van der Waals surface area contributed by atoms with Gasteiger partial charge in [-0.3, -0.25) is 9.59 Å². The lowest BCUT2D eigenvalue weighted by atomic mass is 10.1. The lowest BCUT2D eigenvalue weighted by Gasteiger charge is -2.09. The first-order valence-electron chi connectivity index (χ1n) is 7.09. The largest absolute Gasteiger partial charge is 0.456 e. The molecule has 1 amide bonds. The summed E-state index contributed by atoms with van der Waals surface area (Å²) in [5, 5.41) is 3.30. The van der Waals surface area contributed by atoms with Gasteiger partial charge in [-0.1, -0.05) is 65.1 Å². The molecule has 0 radical (unpaired) electrons. The highest BCUT2D eigenvalue weighted by Crippen LogP contribution is 2.32. The van der Waals surface area contributed by atoms with Crippen LogP contribution in [-0.2, 0) is 20.7 Å². The molecule has 2 rings (SSSR count). The molecule has 0 aliphatic rings. The van der Waals surface area contributed by atoms with E-state index in [4.69, 9.17) is 39.5 Å². The van der Waals surface area contributed by atoms with Gasteiger partial charge < -0.3 is 10.1 Å². The van der Waals surface area contributed by atoms with Gasteiger partial charge in [0.05, 0.1) is 20.8 Å². The van der Waals surface area contributed by atoms with Gasteiger partial charge in [-0.05, 0) is 24.1 Å². The van der Waals surface area contributed by atoms with Crippen LogP contribution >= 0.6 is 34.8 Å². The average Bonchev–Trinajstić information content (AvgIpc) is 2.57. The number of aryl methyl sites for hydroxylation is 1. The average molecular weight is 387 g/mol. The minimum Gasteiger partial charge on any atom is -0.456 e. The molecule has 0 aromatic heterocycles. The second kappa shape index (κ2) is 8.92. The van der Waals surface area contributed by atoms with Crippen molar-refractivity contribution in [2.24, 2.45) is 0 Å². The summed E-state index contributed by atoms with van der Waals surface area (Å²) in [4.78, 5) is 23.5. The third-order valence-electron chi connectivity index (χ3n) is 3.11. The standard InChI is InChI=1S/C17H14Cl3NO3/c18-12-8-14(20)15(9-13(12)19)21-16(22)10-24-17(23)7-6-11-4-2-1-3-5-11/h1-5,8-9H,6-7,10H2,(H,21,22). The Morgan fingerprint density at radius 3 is 2.33 bits per heavy atom. The highest BCUT2D eigenvalue weighted by Gasteiger charge is 2.11. The first-order valence-corrected chi connectivity index (χ1v) is 8.23. The molecule has 0 aliphatic heterocycles. The first-order chi connectivity index (χ1) is 11.5. The van der Waals surface area contributed by atoms with E-state index in [-0.39, 0.29) is 21.5 Å². The Kier molecular flexibility index (Phi) is 6.91. The summed E-state index contributed by atoms with van der Waals surface area (Å²) in [5.74, 6) is -0.961. The topological polar surface area (TPSA) is 55.4 Å². The minimum atomic E-state index is -0.511. The monoisotopic (exact) mass is 385 g/mol. The van der Waals surface area contributed by atoms with Crippen LogP contribution in [0, 0.1) is 0 Å². The van der Waals surface area contributed by atoms with Crippen molar-refractivity contribution in [3.8, 4) is 0 Å². The highest BCUT2D eigenvalue weighted by atomic mass is 35.5. The molecule has 126 valence electrons. The molecule has 2 aromatic carbocycles. The second-order valence-electron chi connectivity index (χ2n) is 4.94. The van der Waals surface area contributed by atoms with E-state index in [1.165, 1.54) is 12.1 Å². The van der Waals surface area contributed by atoms with Crippen molar-refractivity contribution < 1.29 is 14.3 Å². The SMILES string of the molecule is O=C(COC(=O)CCc1ccccc1)Nc1cc(Cl)c(Cl)cc1Cl. The van der Waals surface area contributed by atoms with Crippen LogP contribution in [0.3, 0.4) is 0 Å². The van der Waals surface area contributed by atoms with Gasteiger partial charge in [0, 0.05) is 6.42 Å². The summed E-state index contributed by atoms with van der Waals surface area (Å²) in [6.45, 7) is -0.399. The van der Waals surface area contributed by atoms with E-state index < -0.39 is 18.5 Å². The number of benzene rings is 2. The van der Waals surface area contributed by atoms with Gasteiger partial charge in [0.1, 0.15) is 0 Å². The lowest BCUT2D eigenvalue weighted by Crippen LogP contribution is -2.21. The van der Waals surface area contributed by atoms with Crippen LogP contribution in [0.2, 0.25) is 15.1 Å². The van der Waals surface area contributed by atoms with Crippen LogP contribution in [-0.4, -0.2) is 18.5 Å². The quantitative estimate of drug-likeness (QED) is 0.575. The van der Waals surface area contributed by atoms with Crippen molar-refractivity contribution in [1.82, 2.24) is 0 Å². The number of hydrogen-bond acceptors (Lipinski definition) is 3. The normalized spacial score (nSPS) is 10.3. The van der Waals surface area contributed by atoms with Crippen LogP contribution < -0.4 is 5.32 Å². The lowest BCUT2D eigenvalue weighted by molar-refractivity contribution is -0.147. The second-order valence-corrected chi connectivity index (χ2v) is 6.16. The maximum Gasteiger partial charge on any atom is 0.306 e. The smallest absolute Gasteiger partial charge is 0.306 e. The number of hydrogen-bond donors (Lipinski definition) is 1. The molecule has 2 aromatic rings. The van der Waals surface area contributed by atoms with Crippen molar-refractivity contribution in [3.05, 3.63) is 63.1 Å². The maximum atomic E-state index is 11.8. The molecule has 0 spiro atoms. The number of ether oxygens (including phenoxy) is 1. The molecule has 24 heavy (non-hydrogen) atoms. The molecule has 0 saturated carbocycles. The molecule has 0 bridgehead atoms. The molecular weight excluding hydrogens is 373 g/mol. The van der Waals surface area contributed by atoms with Crippen molar-refractivity contribution >= 4 is 52.4 Å². The van der Waals surface area contributed by atoms with Crippen LogP contribution in [0.5, 0.6) is 0 Å².